The highest BCUT2D eigenvalue weighted by molar-refractivity contribution is 9.10. The van der Waals surface area contributed by atoms with Gasteiger partial charge < -0.3 is 10.8 Å². The molecule has 0 aromatic heterocycles. The summed E-state index contributed by atoms with van der Waals surface area (Å²) in [6.07, 6.45) is 0. The summed E-state index contributed by atoms with van der Waals surface area (Å²) >= 11 is 3.42. The van der Waals surface area contributed by atoms with Crippen LogP contribution in [0.15, 0.2) is 34.8 Å². The number of phenolic OH excluding ortho intramolecular Hbond substituents is 1. The fourth-order valence-corrected chi connectivity index (χ4v) is 1.83. The van der Waals surface area contributed by atoms with E-state index in [9.17, 15) is 5.11 Å². The van der Waals surface area contributed by atoms with Crippen LogP contribution in [0.4, 0.5) is 5.69 Å². The molecular weight excluding hydrogens is 230 g/mol. The molecule has 2 aromatic rings. The highest BCUT2D eigenvalue weighted by Crippen LogP contribution is 2.33. The van der Waals surface area contributed by atoms with Gasteiger partial charge in [0, 0.05) is 9.86 Å². The Morgan fingerprint density at radius 2 is 1.85 bits per heavy atom. The third-order valence-corrected chi connectivity index (χ3v) is 2.72. The highest BCUT2D eigenvalue weighted by atomic mass is 79.9. The lowest BCUT2D eigenvalue weighted by Gasteiger charge is -2.05. The van der Waals surface area contributed by atoms with Crippen molar-refractivity contribution in [1.29, 1.82) is 0 Å². The summed E-state index contributed by atoms with van der Waals surface area (Å²) in [6.45, 7) is 0. The summed E-state index contributed by atoms with van der Waals surface area (Å²) < 4.78 is 0.983. The van der Waals surface area contributed by atoms with Crippen LogP contribution >= 0.6 is 15.9 Å². The van der Waals surface area contributed by atoms with Gasteiger partial charge in [-0.3, -0.25) is 0 Å². The highest BCUT2D eigenvalue weighted by Gasteiger charge is 2.04. The van der Waals surface area contributed by atoms with Crippen LogP contribution in [-0.2, 0) is 0 Å². The van der Waals surface area contributed by atoms with Crippen molar-refractivity contribution >= 4 is 32.4 Å². The maximum atomic E-state index is 9.37. The van der Waals surface area contributed by atoms with Gasteiger partial charge in [-0.15, -0.1) is 0 Å². The van der Waals surface area contributed by atoms with E-state index in [4.69, 9.17) is 5.73 Å². The monoisotopic (exact) mass is 237 g/mol. The van der Waals surface area contributed by atoms with Crippen molar-refractivity contribution in [3.8, 4) is 5.75 Å². The number of anilines is 1. The molecule has 0 bridgehead atoms. The standard InChI is InChI=1S/C10H8BrNO/c11-8-3-1-2-7-6(8)4-5-9(13)10(7)12/h1-5,13H,12H2. The minimum atomic E-state index is 0.130. The zero-order valence-electron chi connectivity index (χ0n) is 6.79. The molecule has 0 atom stereocenters. The van der Waals surface area contributed by atoms with Crippen molar-refractivity contribution in [2.75, 3.05) is 5.73 Å². The van der Waals surface area contributed by atoms with E-state index < -0.39 is 0 Å². The number of hydrogen-bond donors (Lipinski definition) is 2. The summed E-state index contributed by atoms with van der Waals surface area (Å²) in [5.74, 6) is 0.130. The van der Waals surface area contributed by atoms with Gasteiger partial charge in [0.2, 0.25) is 0 Å². The van der Waals surface area contributed by atoms with Gasteiger partial charge >= 0.3 is 0 Å². The minimum absolute atomic E-state index is 0.130. The molecule has 0 saturated carbocycles. The van der Waals surface area contributed by atoms with Crippen molar-refractivity contribution in [2.24, 2.45) is 0 Å². The fourth-order valence-electron chi connectivity index (χ4n) is 1.33. The van der Waals surface area contributed by atoms with Crippen LogP contribution in [0.25, 0.3) is 10.8 Å². The zero-order valence-corrected chi connectivity index (χ0v) is 8.38. The Labute approximate surface area is 84.1 Å². The Morgan fingerprint density at radius 1 is 1.08 bits per heavy atom. The first kappa shape index (κ1) is 8.38. The first-order valence-corrected chi connectivity index (χ1v) is 4.65. The number of fused-ring (bicyclic) bond motifs is 1. The molecule has 0 aliphatic carbocycles. The molecule has 0 heterocycles. The first-order valence-electron chi connectivity index (χ1n) is 3.86. The van der Waals surface area contributed by atoms with Crippen molar-refractivity contribution in [3.05, 3.63) is 34.8 Å². The Hall–Kier alpha value is -1.22. The normalized spacial score (nSPS) is 10.5. The molecule has 0 spiro atoms. The molecule has 0 aliphatic rings. The summed E-state index contributed by atoms with van der Waals surface area (Å²) in [6, 6.07) is 9.16. The average Bonchev–Trinajstić information content (AvgIpc) is 2.12. The molecule has 2 nitrogen and oxygen atoms in total. The van der Waals surface area contributed by atoms with Crippen LogP contribution < -0.4 is 5.73 Å². The number of rotatable bonds is 0. The van der Waals surface area contributed by atoms with Crippen LogP contribution in [0.3, 0.4) is 0 Å². The molecule has 2 aromatic carbocycles. The number of hydrogen-bond acceptors (Lipinski definition) is 2. The summed E-state index contributed by atoms with van der Waals surface area (Å²) in [5, 5.41) is 11.2. The van der Waals surface area contributed by atoms with E-state index >= 15 is 0 Å². The van der Waals surface area contributed by atoms with E-state index in [1.54, 1.807) is 6.07 Å². The predicted molar refractivity (Wildman–Crippen MR) is 57.7 cm³/mol. The number of phenols is 1. The number of benzene rings is 2. The molecule has 0 radical (unpaired) electrons. The SMILES string of the molecule is Nc1c(O)ccc2c(Br)cccc12. The average molecular weight is 238 g/mol. The van der Waals surface area contributed by atoms with Gasteiger partial charge in [-0.1, -0.05) is 28.1 Å². The van der Waals surface area contributed by atoms with E-state index in [-0.39, 0.29) is 5.75 Å². The molecule has 0 saturated heterocycles. The second-order valence-electron chi connectivity index (χ2n) is 2.83. The fraction of sp³-hybridized carbons (Fsp3) is 0. The molecular formula is C10H8BrNO. The Kier molecular flexibility index (Phi) is 1.88. The van der Waals surface area contributed by atoms with Crippen molar-refractivity contribution in [1.82, 2.24) is 0 Å². The van der Waals surface area contributed by atoms with E-state index in [1.165, 1.54) is 0 Å². The van der Waals surface area contributed by atoms with Gasteiger partial charge in [-0.05, 0) is 23.6 Å². The van der Waals surface area contributed by atoms with E-state index in [0.717, 1.165) is 15.2 Å². The van der Waals surface area contributed by atoms with Crippen molar-refractivity contribution < 1.29 is 5.11 Å². The second kappa shape index (κ2) is 2.92. The first-order chi connectivity index (χ1) is 6.20. The van der Waals surface area contributed by atoms with Gasteiger partial charge in [-0.25, -0.2) is 0 Å². The maximum absolute atomic E-state index is 9.37. The molecule has 0 aliphatic heterocycles. The van der Waals surface area contributed by atoms with Gasteiger partial charge in [0.15, 0.2) is 0 Å². The third-order valence-electron chi connectivity index (χ3n) is 2.03. The quantitative estimate of drug-likeness (QED) is 0.547. The number of aromatic hydroxyl groups is 1. The Morgan fingerprint density at radius 3 is 2.62 bits per heavy atom. The summed E-state index contributed by atoms with van der Waals surface area (Å²) in [7, 11) is 0. The van der Waals surface area contributed by atoms with Gasteiger partial charge in [0.05, 0.1) is 5.69 Å². The predicted octanol–water partition coefficient (Wildman–Crippen LogP) is 2.89. The summed E-state index contributed by atoms with van der Waals surface area (Å²) in [4.78, 5) is 0. The van der Waals surface area contributed by atoms with Gasteiger partial charge in [-0.2, -0.15) is 0 Å². The lowest BCUT2D eigenvalue weighted by molar-refractivity contribution is 0.478. The second-order valence-corrected chi connectivity index (χ2v) is 3.69. The molecule has 2 rings (SSSR count). The largest absolute Gasteiger partial charge is 0.506 e. The topological polar surface area (TPSA) is 46.2 Å². The Bertz CT molecular complexity index is 468. The molecule has 0 fully saturated rings. The van der Waals surface area contributed by atoms with E-state index in [0.29, 0.717) is 5.69 Å². The maximum Gasteiger partial charge on any atom is 0.139 e. The third kappa shape index (κ3) is 1.25. The molecule has 66 valence electrons. The van der Waals surface area contributed by atoms with Crippen LogP contribution in [0.1, 0.15) is 0 Å². The molecule has 13 heavy (non-hydrogen) atoms. The zero-order chi connectivity index (χ0) is 9.42. The molecule has 3 N–H and O–H groups in total. The molecule has 3 heteroatoms. The van der Waals surface area contributed by atoms with Crippen LogP contribution in [-0.4, -0.2) is 5.11 Å². The summed E-state index contributed by atoms with van der Waals surface area (Å²) in [5.41, 5.74) is 6.15. The van der Waals surface area contributed by atoms with Crippen molar-refractivity contribution in [3.63, 3.8) is 0 Å². The van der Waals surface area contributed by atoms with E-state index in [2.05, 4.69) is 15.9 Å². The van der Waals surface area contributed by atoms with Crippen LogP contribution in [0, 0.1) is 0 Å². The van der Waals surface area contributed by atoms with Crippen LogP contribution in [0.5, 0.6) is 5.75 Å². The smallest absolute Gasteiger partial charge is 0.139 e. The lowest BCUT2D eigenvalue weighted by Crippen LogP contribution is -1.87. The Balaban J connectivity index is 2.94. The minimum Gasteiger partial charge on any atom is -0.506 e. The number of nitrogens with two attached hydrogens (primary N) is 1. The number of nitrogen functional groups attached to an aromatic ring is 1. The number of halogens is 1. The molecule has 0 unspecified atom stereocenters. The van der Waals surface area contributed by atoms with Gasteiger partial charge in [0.25, 0.3) is 0 Å². The molecule has 0 amide bonds. The van der Waals surface area contributed by atoms with E-state index in [1.807, 2.05) is 24.3 Å². The lowest BCUT2D eigenvalue weighted by atomic mass is 10.1. The van der Waals surface area contributed by atoms with Crippen LogP contribution in [0.2, 0.25) is 0 Å². The van der Waals surface area contributed by atoms with Gasteiger partial charge in [0.1, 0.15) is 5.75 Å². The van der Waals surface area contributed by atoms with Crippen molar-refractivity contribution in [2.45, 2.75) is 0 Å².